The van der Waals surface area contributed by atoms with Gasteiger partial charge in [0.05, 0.1) is 0 Å². The predicted octanol–water partition coefficient (Wildman–Crippen LogP) is 5.36. The van der Waals surface area contributed by atoms with E-state index in [0.29, 0.717) is 6.07 Å². The number of piperidine rings is 1. The molecule has 3 rings (SSSR count). The zero-order chi connectivity index (χ0) is 25.0. The van der Waals surface area contributed by atoms with Gasteiger partial charge in [0.1, 0.15) is 16.4 Å². The van der Waals surface area contributed by atoms with Gasteiger partial charge < -0.3 is 14.4 Å². The lowest BCUT2D eigenvalue weighted by Gasteiger charge is -2.28. The Hall–Kier alpha value is -2.83. The number of sulfonamides is 1. The maximum Gasteiger partial charge on any atom is 0.422 e. The summed E-state index contributed by atoms with van der Waals surface area (Å²) >= 11 is 0. The summed E-state index contributed by atoms with van der Waals surface area (Å²) in [4.78, 5) is 1.35. The number of alkyl halides is 6. The topological polar surface area (TPSA) is 67.9 Å². The Morgan fingerprint density at radius 1 is 0.824 bits per heavy atom. The van der Waals surface area contributed by atoms with Crippen molar-refractivity contribution in [2.24, 2.45) is 0 Å². The fraction of sp³-hybridized carbons (Fsp3) is 0.429. The van der Waals surface area contributed by atoms with Crippen molar-refractivity contribution in [2.75, 3.05) is 35.9 Å². The fourth-order valence-electron chi connectivity index (χ4n) is 3.33. The average Bonchev–Trinajstić information content (AvgIpc) is 2.76. The number of hydrogen-bond donors (Lipinski definition) is 1. The lowest BCUT2D eigenvalue weighted by Crippen LogP contribution is -2.29. The van der Waals surface area contributed by atoms with Crippen molar-refractivity contribution >= 4 is 21.4 Å². The van der Waals surface area contributed by atoms with Crippen LogP contribution in [0.25, 0.3) is 0 Å². The first kappa shape index (κ1) is 25.8. The van der Waals surface area contributed by atoms with Gasteiger partial charge >= 0.3 is 12.4 Å². The maximum atomic E-state index is 12.9. The molecule has 0 aliphatic carbocycles. The van der Waals surface area contributed by atoms with Crippen LogP contribution < -0.4 is 19.1 Å². The second-order valence-electron chi connectivity index (χ2n) is 7.62. The minimum absolute atomic E-state index is 0.115. The number of benzene rings is 2. The molecular weight excluding hydrogens is 490 g/mol. The summed E-state index contributed by atoms with van der Waals surface area (Å²) in [7, 11) is -4.54. The molecule has 1 aliphatic heterocycles. The summed E-state index contributed by atoms with van der Waals surface area (Å²) in [6.07, 6.45) is -6.23. The van der Waals surface area contributed by atoms with Crippen molar-refractivity contribution in [3.63, 3.8) is 0 Å². The summed E-state index contributed by atoms with van der Waals surface area (Å²) in [6.45, 7) is -1.76. The van der Waals surface area contributed by atoms with Crippen molar-refractivity contribution in [3.8, 4) is 11.5 Å². The first-order valence-corrected chi connectivity index (χ1v) is 11.7. The number of halogens is 6. The Labute approximate surface area is 192 Å². The second-order valence-corrected chi connectivity index (χ2v) is 9.27. The van der Waals surface area contributed by atoms with Gasteiger partial charge in [-0.1, -0.05) is 0 Å². The smallest absolute Gasteiger partial charge is 0.422 e. The van der Waals surface area contributed by atoms with Crippen molar-refractivity contribution in [1.29, 1.82) is 0 Å². The van der Waals surface area contributed by atoms with Crippen molar-refractivity contribution in [3.05, 3.63) is 42.5 Å². The van der Waals surface area contributed by atoms with Gasteiger partial charge in [0.25, 0.3) is 10.0 Å². The third-order valence-electron chi connectivity index (χ3n) is 4.84. The van der Waals surface area contributed by atoms with Gasteiger partial charge in [0.15, 0.2) is 13.2 Å². The number of hydrogen-bond acceptors (Lipinski definition) is 5. The third-order valence-corrected chi connectivity index (χ3v) is 6.24. The SMILES string of the molecule is O=S(=O)(Nc1ccc(N2CCCCC2)cc1)c1cc(OCC(F)(F)F)ccc1OCC(F)(F)F. The summed E-state index contributed by atoms with van der Waals surface area (Å²) in [5, 5.41) is 0. The molecule has 1 fully saturated rings. The molecular formula is C21H22F6N2O4S. The molecule has 1 aliphatic rings. The van der Waals surface area contributed by atoms with Gasteiger partial charge in [0.2, 0.25) is 0 Å². The molecule has 0 bridgehead atoms. The van der Waals surface area contributed by atoms with E-state index in [1.807, 2.05) is 0 Å². The average molecular weight is 512 g/mol. The van der Waals surface area contributed by atoms with E-state index in [9.17, 15) is 34.8 Å². The second kappa shape index (κ2) is 10.2. The molecule has 0 radical (unpaired) electrons. The Morgan fingerprint density at radius 3 is 2.00 bits per heavy atom. The first-order chi connectivity index (χ1) is 15.8. The highest BCUT2D eigenvalue weighted by Gasteiger charge is 2.31. The Balaban J connectivity index is 1.84. The van der Waals surface area contributed by atoms with Gasteiger partial charge in [0, 0.05) is 30.5 Å². The standard InChI is InChI=1S/C21H22F6N2O4S/c22-20(23,24)13-32-17-8-9-18(33-14-21(25,26)27)19(12-17)34(30,31)28-15-4-6-16(7-5-15)29-10-2-1-3-11-29/h4-9,12,28H,1-3,10-11,13-14H2. The number of nitrogens with zero attached hydrogens (tertiary/aromatic N) is 1. The molecule has 0 saturated carbocycles. The molecule has 0 aromatic heterocycles. The first-order valence-electron chi connectivity index (χ1n) is 10.2. The lowest BCUT2D eigenvalue weighted by atomic mass is 10.1. The molecule has 13 heteroatoms. The van der Waals surface area contributed by atoms with Gasteiger partial charge in [-0.2, -0.15) is 26.3 Å². The van der Waals surface area contributed by atoms with Crippen LogP contribution in [0.4, 0.5) is 37.7 Å². The van der Waals surface area contributed by atoms with Gasteiger partial charge in [-0.3, -0.25) is 4.72 Å². The van der Waals surface area contributed by atoms with E-state index in [4.69, 9.17) is 0 Å². The van der Waals surface area contributed by atoms with Gasteiger partial charge in [-0.05, 0) is 55.7 Å². The summed E-state index contributed by atoms with van der Waals surface area (Å²) in [5.74, 6) is -1.19. The largest absolute Gasteiger partial charge is 0.484 e. The Kier molecular flexibility index (Phi) is 7.74. The fourth-order valence-corrected chi connectivity index (χ4v) is 4.55. The molecule has 2 aromatic carbocycles. The van der Waals surface area contributed by atoms with E-state index in [-0.39, 0.29) is 5.69 Å². The van der Waals surface area contributed by atoms with E-state index in [1.54, 1.807) is 12.1 Å². The molecule has 34 heavy (non-hydrogen) atoms. The van der Waals surface area contributed by atoms with E-state index in [1.165, 1.54) is 12.1 Å². The van der Waals surface area contributed by atoms with E-state index in [2.05, 4.69) is 19.1 Å². The third kappa shape index (κ3) is 7.61. The van der Waals surface area contributed by atoms with Crippen LogP contribution in [0, 0.1) is 0 Å². The number of anilines is 2. The number of nitrogens with one attached hydrogen (secondary N) is 1. The molecule has 6 nitrogen and oxygen atoms in total. The van der Waals surface area contributed by atoms with Crippen LogP contribution in [0.1, 0.15) is 19.3 Å². The molecule has 188 valence electrons. The molecule has 0 unspecified atom stereocenters. The van der Waals surface area contributed by atoms with Crippen molar-refractivity contribution in [1.82, 2.24) is 0 Å². The predicted molar refractivity (Wildman–Crippen MR) is 113 cm³/mol. The van der Waals surface area contributed by atoms with E-state index in [0.717, 1.165) is 50.2 Å². The minimum atomic E-state index is -4.76. The van der Waals surface area contributed by atoms with Crippen LogP contribution in [0.2, 0.25) is 0 Å². The molecule has 0 amide bonds. The van der Waals surface area contributed by atoms with Crippen LogP contribution in [-0.4, -0.2) is 47.1 Å². The summed E-state index contributed by atoms with van der Waals surface area (Å²) < 4.78 is 112. The normalized spacial score (nSPS) is 15.2. The van der Waals surface area contributed by atoms with Crippen LogP contribution in [0.3, 0.4) is 0 Å². The zero-order valence-electron chi connectivity index (χ0n) is 17.7. The molecule has 2 aromatic rings. The Morgan fingerprint density at radius 2 is 1.41 bits per heavy atom. The molecule has 1 heterocycles. The van der Waals surface area contributed by atoms with Crippen molar-refractivity contribution < 1.29 is 44.2 Å². The van der Waals surface area contributed by atoms with Crippen LogP contribution >= 0.6 is 0 Å². The molecule has 1 N–H and O–H groups in total. The molecule has 0 atom stereocenters. The highest BCUT2D eigenvalue weighted by atomic mass is 32.2. The monoisotopic (exact) mass is 512 g/mol. The summed E-state index contributed by atoms with van der Waals surface area (Å²) in [5.41, 5.74) is 1.00. The minimum Gasteiger partial charge on any atom is -0.484 e. The van der Waals surface area contributed by atoms with Gasteiger partial charge in [-0.25, -0.2) is 8.42 Å². The molecule has 1 saturated heterocycles. The number of ether oxygens (including phenoxy) is 2. The quantitative estimate of drug-likeness (QED) is 0.483. The van der Waals surface area contributed by atoms with E-state index < -0.39 is 52.0 Å². The van der Waals surface area contributed by atoms with Crippen LogP contribution in [0.5, 0.6) is 11.5 Å². The maximum absolute atomic E-state index is 12.9. The van der Waals surface area contributed by atoms with Gasteiger partial charge in [-0.15, -0.1) is 0 Å². The van der Waals surface area contributed by atoms with E-state index >= 15 is 0 Å². The highest BCUT2D eigenvalue weighted by Crippen LogP contribution is 2.32. The Bertz CT molecular complexity index is 1070. The van der Waals surface area contributed by atoms with Crippen LogP contribution in [0.15, 0.2) is 47.4 Å². The van der Waals surface area contributed by atoms with Crippen LogP contribution in [-0.2, 0) is 10.0 Å². The molecule has 0 spiro atoms. The zero-order valence-corrected chi connectivity index (χ0v) is 18.6. The summed E-state index contributed by atoms with van der Waals surface area (Å²) in [6, 6.07) is 8.76. The lowest BCUT2D eigenvalue weighted by molar-refractivity contribution is -0.154. The van der Waals surface area contributed by atoms with Crippen molar-refractivity contribution in [2.45, 2.75) is 36.5 Å². The number of rotatable bonds is 8. The highest BCUT2D eigenvalue weighted by molar-refractivity contribution is 7.92.